The highest BCUT2D eigenvalue weighted by molar-refractivity contribution is 5.83. The van der Waals surface area contributed by atoms with E-state index in [9.17, 15) is 9.18 Å². The molecule has 19 heavy (non-hydrogen) atoms. The summed E-state index contributed by atoms with van der Waals surface area (Å²) in [5, 5.41) is 0.971. The second-order valence-electron chi connectivity index (χ2n) is 4.10. The summed E-state index contributed by atoms with van der Waals surface area (Å²) in [4.78, 5) is 19.0. The zero-order chi connectivity index (χ0) is 13.2. The van der Waals surface area contributed by atoms with Crippen LogP contribution in [-0.2, 0) is 0 Å². The third kappa shape index (κ3) is 2.08. The minimum Gasteiger partial charge on any atom is -0.296 e. The molecule has 2 aromatic heterocycles. The maximum atomic E-state index is 13.2. The zero-order valence-corrected chi connectivity index (χ0v) is 9.88. The third-order valence-corrected chi connectivity index (χ3v) is 2.87. The summed E-state index contributed by atoms with van der Waals surface area (Å²) < 4.78 is 13.2. The molecule has 2 heterocycles. The highest BCUT2D eigenvalue weighted by atomic mass is 19.1. The van der Waals surface area contributed by atoms with Crippen molar-refractivity contribution in [3.63, 3.8) is 0 Å². The minimum atomic E-state index is -0.618. The summed E-state index contributed by atoms with van der Waals surface area (Å²) in [7, 11) is 0. The molecule has 0 aliphatic heterocycles. The molecule has 0 spiro atoms. The molecule has 0 aliphatic rings. The Balaban J connectivity index is 2.16. The number of aromatic nitrogens is 2. The number of para-hydroxylation sites is 1. The second-order valence-corrected chi connectivity index (χ2v) is 4.10. The van der Waals surface area contributed by atoms with Crippen molar-refractivity contribution in [1.82, 2.24) is 9.97 Å². The highest BCUT2D eigenvalue weighted by Crippen LogP contribution is 2.21. The number of nitrogens with zero attached hydrogens (tertiary/aromatic N) is 2. The number of aldehydes is 1. The lowest BCUT2D eigenvalue weighted by molar-refractivity contribution is 0.111. The molecular weight excluding hydrogens is 243 g/mol. The highest BCUT2D eigenvalue weighted by Gasteiger charge is 2.07. The predicted octanol–water partition coefficient (Wildman–Crippen LogP) is 3.25. The zero-order valence-electron chi connectivity index (χ0n) is 9.88. The lowest BCUT2D eigenvalue weighted by Crippen LogP contribution is -1.95. The molecule has 0 amide bonds. The molecular formula is C15H9FN2O. The topological polar surface area (TPSA) is 42.9 Å². The number of benzene rings is 1. The standard InChI is InChI=1S/C15H9FN2O/c16-12-5-6-14(18-15(12)9-19)11-7-10-3-1-2-4-13(10)17-8-11/h1-9H. The summed E-state index contributed by atoms with van der Waals surface area (Å²) >= 11 is 0. The van der Waals surface area contributed by atoms with Crippen LogP contribution in [0.4, 0.5) is 4.39 Å². The van der Waals surface area contributed by atoms with Gasteiger partial charge in [0.1, 0.15) is 5.69 Å². The SMILES string of the molecule is O=Cc1nc(-c2cnc3ccccc3c2)ccc1F. The Bertz CT molecular complexity index is 771. The van der Waals surface area contributed by atoms with E-state index in [1.165, 1.54) is 12.1 Å². The van der Waals surface area contributed by atoms with Gasteiger partial charge in [-0.25, -0.2) is 9.37 Å². The van der Waals surface area contributed by atoms with E-state index in [0.717, 1.165) is 16.5 Å². The van der Waals surface area contributed by atoms with E-state index < -0.39 is 5.82 Å². The van der Waals surface area contributed by atoms with Crippen LogP contribution in [0.15, 0.2) is 48.7 Å². The summed E-state index contributed by atoms with van der Waals surface area (Å²) in [6.45, 7) is 0. The van der Waals surface area contributed by atoms with Gasteiger partial charge < -0.3 is 0 Å². The summed E-state index contributed by atoms with van der Waals surface area (Å²) in [5.41, 5.74) is 1.97. The molecule has 3 nitrogen and oxygen atoms in total. The second kappa shape index (κ2) is 4.57. The smallest absolute Gasteiger partial charge is 0.171 e. The molecule has 0 N–H and O–H groups in total. The van der Waals surface area contributed by atoms with E-state index in [0.29, 0.717) is 12.0 Å². The summed E-state index contributed by atoms with van der Waals surface area (Å²) in [5.74, 6) is -0.618. The Hall–Kier alpha value is -2.62. The van der Waals surface area contributed by atoms with Crippen LogP contribution in [0.3, 0.4) is 0 Å². The van der Waals surface area contributed by atoms with Crippen molar-refractivity contribution in [2.24, 2.45) is 0 Å². The van der Waals surface area contributed by atoms with Crippen LogP contribution in [0.1, 0.15) is 10.5 Å². The van der Waals surface area contributed by atoms with Gasteiger partial charge in [-0.3, -0.25) is 9.78 Å². The molecule has 0 radical (unpaired) electrons. The van der Waals surface area contributed by atoms with Crippen molar-refractivity contribution in [3.8, 4) is 11.3 Å². The first-order valence-electron chi connectivity index (χ1n) is 5.75. The molecule has 0 aliphatic carbocycles. The number of fused-ring (bicyclic) bond motifs is 1. The van der Waals surface area contributed by atoms with Crippen molar-refractivity contribution in [1.29, 1.82) is 0 Å². The number of rotatable bonds is 2. The van der Waals surface area contributed by atoms with Gasteiger partial charge in [0.05, 0.1) is 11.2 Å². The van der Waals surface area contributed by atoms with E-state index >= 15 is 0 Å². The van der Waals surface area contributed by atoms with Crippen LogP contribution in [0, 0.1) is 5.82 Å². The first-order valence-corrected chi connectivity index (χ1v) is 5.75. The molecule has 0 atom stereocenters. The number of halogens is 1. The average molecular weight is 252 g/mol. The van der Waals surface area contributed by atoms with Crippen molar-refractivity contribution < 1.29 is 9.18 Å². The third-order valence-electron chi connectivity index (χ3n) is 2.87. The maximum Gasteiger partial charge on any atom is 0.171 e. The van der Waals surface area contributed by atoms with Gasteiger partial charge in [-0.2, -0.15) is 0 Å². The number of pyridine rings is 2. The van der Waals surface area contributed by atoms with Crippen LogP contribution in [0.2, 0.25) is 0 Å². The molecule has 92 valence electrons. The van der Waals surface area contributed by atoms with Crippen LogP contribution >= 0.6 is 0 Å². The Morgan fingerprint density at radius 1 is 1.11 bits per heavy atom. The van der Waals surface area contributed by atoms with E-state index in [4.69, 9.17) is 0 Å². The molecule has 0 saturated heterocycles. The fourth-order valence-electron chi connectivity index (χ4n) is 1.91. The Kier molecular flexibility index (Phi) is 2.76. The van der Waals surface area contributed by atoms with E-state index in [1.807, 2.05) is 30.3 Å². The van der Waals surface area contributed by atoms with Gasteiger partial charge in [-0.05, 0) is 24.3 Å². The lowest BCUT2D eigenvalue weighted by Gasteiger charge is -2.04. The number of hydrogen-bond donors (Lipinski definition) is 0. The van der Waals surface area contributed by atoms with Crippen LogP contribution in [-0.4, -0.2) is 16.3 Å². The van der Waals surface area contributed by atoms with Crippen molar-refractivity contribution >= 4 is 17.2 Å². The van der Waals surface area contributed by atoms with Crippen molar-refractivity contribution in [3.05, 3.63) is 60.2 Å². The van der Waals surface area contributed by atoms with E-state index in [2.05, 4.69) is 9.97 Å². The fraction of sp³-hybridized carbons (Fsp3) is 0. The Morgan fingerprint density at radius 3 is 2.79 bits per heavy atom. The van der Waals surface area contributed by atoms with Crippen molar-refractivity contribution in [2.75, 3.05) is 0 Å². The van der Waals surface area contributed by atoms with Crippen LogP contribution in [0.5, 0.6) is 0 Å². The number of carbonyl (C=O) groups excluding carboxylic acids is 1. The molecule has 0 unspecified atom stereocenters. The average Bonchev–Trinajstić information content (AvgIpc) is 2.47. The molecule has 3 aromatic rings. The van der Waals surface area contributed by atoms with Gasteiger partial charge in [0.2, 0.25) is 0 Å². The van der Waals surface area contributed by atoms with Gasteiger partial charge >= 0.3 is 0 Å². The Labute approximate surface area is 108 Å². The summed E-state index contributed by atoms with van der Waals surface area (Å²) in [6, 6.07) is 12.4. The molecule has 0 fully saturated rings. The minimum absolute atomic E-state index is 0.189. The molecule has 4 heteroatoms. The summed E-state index contributed by atoms with van der Waals surface area (Å²) in [6.07, 6.45) is 2.07. The molecule has 0 saturated carbocycles. The van der Waals surface area contributed by atoms with Crippen LogP contribution in [0.25, 0.3) is 22.2 Å². The quantitative estimate of drug-likeness (QED) is 0.657. The number of carbonyl (C=O) groups is 1. The van der Waals surface area contributed by atoms with Gasteiger partial charge in [-0.1, -0.05) is 18.2 Å². The molecule has 3 rings (SSSR count). The van der Waals surface area contributed by atoms with Gasteiger partial charge in [0.25, 0.3) is 0 Å². The largest absolute Gasteiger partial charge is 0.296 e. The van der Waals surface area contributed by atoms with Gasteiger partial charge in [-0.15, -0.1) is 0 Å². The number of hydrogen-bond acceptors (Lipinski definition) is 3. The first-order chi connectivity index (χ1) is 9.28. The first kappa shape index (κ1) is 11.5. The van der Waals surface area contributed by atoms with E-state index in [1.54, 1.807) is 6.20 Å². The maximum absolute atomic E-state index is 13.2. The Morgan fingerprint density at radius 2 is 1.95 bits per heavy atom. The van der Waals surface area contributed by atoms with Gasteiger partial charge in [0.15, 0.2) is 12.1 Å². The molecule has 1 aromatic carbocycles. The molecule has 0 bridgehead atoms. The van der Waals surface area contributed by atoms with E-state index in [-0.39, 0.29) is 5.69 Å². The normalized spacial score (nSPS) is 10.6. The van der Waals surface area contributed by atoms with Crippen molar-refractivity contribution in [2.45, 2.75) is 0 Å². The monoisotopic (exact) mass is 252 g/mol. The fourth-order valence-corrected chi connectivity index (χ4v) is 1.91. The van der Waals surface area contributed by atoms with Crippen LogP contribution < -0.4 is 0 Å². The predicted molar refractivity (Wildman–Crippen MR) is 70.3 cm³/mol. The van der Waals surface area contributed by atoms with Gasteiger partial charge in [0, 0.05) is 17.1 Å². The lowest BCUT2D eigenvalue weighted by atomic mass is 10.1.